The predicted octanol–water partition coefficient (Wildman–Crippen LogP) is 2.41. The van der Waals surface area contributed by atoms with Crippen LogP contribution in [0.15, 0.2) is 48.5 Å². The molecule has 2 aromatic carbocycles. The van der Waals surface area contributed by atoms with Crippen LogP contribution >= 0.6 is 0 Å². The molecule has 0 spiro atoms. The largest absolute Gasteiger partial charge is 0.494 e. The summed E-state index contributed by atoms with van der Waals surface area (Å²) in [5.41, 5.74) is 2.54. The Morgan fingerprint density at radius 2 is 1.81 bits per heavy atom. The van der Waals surface area contributed by atoms with E-state index >= 15 is 0 Å². The van der Waals surface area contributed by atoms with Crippen molar-refractivity contribution in [3.8, 4) is 5.75 Å². The van der Waals surface area contributed by atoms with Crippen molar-refractivity contribution in [2.24, 2.45) is 0 Å². The minimum atomic E-state index is -3.52. The Balaban J connectivity index is 1.82. The number of amides is 1. The molecule has 0 bridgehead atoms. The first kappa shape index (κ1) is 18.4. The van der Waals surface area contributed by atoms with Crippen LogP contribution in [0.3, 0.4) is 0 Å². The molecule has 0 saturated carbocycles. The van der Waals surface area contributed by atoms with Gasteiger partial charge in [-0.25, -0.2) is 8.42 Å². The number of fused-ring (bicyclic) bond motifs is 1. The first-order chi connectivity index (χ1) is 12.4. The Labute approximate surface area is 153 Å². The van der Waals surface area contributed by atoms with Gasteiger partial charge in [0.1, 0.15) is 11.8 Å². The fourth-order valence-corrected chi connectivity index (χ4v) is 4.10. The molecule has 0 aromatic heterocycles. The summed E-state index contributed by atoms with van der Waals surface area (Å²) in [7, 11) is -3.52. The molecular weight excluding hydrogens is 352 g/mol. The number of nitrogens with one attached hydrogen (secondary N) is 1. The van der Waals surface area contributed by atoms with E-state index in [0.29, 0.717) is 18.7 Å². The highest BCUT2D eigenvalue weighted by Gasteiger charge is 2.36. The average molecular weight is 374 g/mol. The van der Waals surface area contributed by atoms with E-state index in [1.807, 2.05) is 31.2 Å². The lowest BCUT2D eigenvalue weighted by molar-refractivity contribution is -0.120. The molecule has 138 valence electrons. The third-order valence-corrected chi connectivity index (χ3v) is 5.60. The number of rotatable bonds is 5. The summed E-state index contributed by atoms with van der Waals surface area (Å²) in [5.74, 6) is 0.379. The number of anilines is 1. The molecule has 3 rings (SSSR count). The maximum atomic E-state index is 12.8. The van der Waals surface area contributed by atoms with Crippen LogP contribution in [0.4, 0.5) is 5.69 Å². The zero-order chi connectivity index (χ0) is 18.7. The van der Waals surface area contributed by atoms with Crippen molar-refractivity contribution in [1.82, 2.24) is 4.31 Å². The quantitative estimate of drug-likeness (QED) is 0.872. The molecule has 0 saturated heterocycles. The van der Waals surface area contributed by atoms with Crippen molar-refractivity contribution in [2.75, 3.05) is 18.2 Å². The topological polar surface area (TPSA) is 75.7 Å². The van der Waals surface area contributed by atoms with Gasteiger partial charge in [0, 0.05) is 12.2 Å². The number of ether oxygens (including phenoxy) is 1. The van der Waals surface area contributed by atoms with Gasteiger partial charge < -0.3 is 10.1 Å². The van der Waals surface area contributed by atoms with Crippen molar-refractivity contribution in [3.05, 3.63) is 59.7 Å². The minimum Gasteiger partial charge on any atom is -0.494 e. The molecule has 1 heterocycles. The number of sulfonamides is 1. The van der Waals surface area contributed by atoms with Crippen LogP contribution in [-0.2, 0) is 27.8 Å². The molecule has 0 radical (unpaired) electrons. The van der Waals surface area contributed by atoms with Gasteiger partial charge in [-0.15, -0.1) is 0 Å². The van der Waals surface area contributed by atoms with Crippen molar-refractivity contribution < 1.29 is 17.9 Å². The SMILES string of the molecule is CCOc1ccc(NC(=O)[C@@H]2Cc3ccccc3CN2S(C)(=O)=O)cc1. The second-order valence-electron chi connectivity index (χ2n) is 6.24. The third kappa shape index (κ3) is 4.05. The van der Waals surface area contributed by atoms with Gasteiger partial charge >= 0.3 is 0 Å². The number of benzene rings is 2. The summed E-state index contributed by atoms with van der Waals surface area (Å²) in [4.78, 5) is 12.8. The van der Waals surface area contributed by atoms with Crippen LogP contribution in [0.2, 0.25) is 0 Å². The molecule has 0 unspecified atom stereocenters. The summed E-state index contributed by atoms with van der Waals surface area (Å²) < 4.78 is 31.1. The number of carbonyl (C=O) groups is 1. The fourth-order valence-electron chi connectivity index (χ4n) is 3.10. The lowest BCUT2D eigenvalue weighted by Gasteiger charge is -2.34. The van der Waals surface area contributed by atoms with E-state index in [2.05, 4.69) is 5.32 Å². The Bertz CT molecular complexity index is 894. The molecule has 0 fully saturated rings. The summed E-state index contributed by atoms with van der Waals surface area (Å²) in [5, 5.41) is 2.81. The molecule has 26 heavy (non-hydrogen) atoms. The van der Waals surface area contributed by atoms with Gasteiger partial charge in [0.05, 0.1) is 12.9 Å². The molecule has 2 aromatic rings. The molecule has 1 amide bonds. The van der Waals surface area contributed by atoms with Crippen LogP contribution in [0.5, 0.6) is 5.75 Å². The second kappa shape index (κ2) is 7.47. The van der Waals surface area contributed by atoms with Gasteiger partial charge in [0.2, 0.25) is 15.9 Å². The maximum Gasteiger partial charge on any atom is 0.243 e. The van der Waals surface area contributed by atoms with Gasteiger partial charge in [-0.05, 0) is 48.7 Å². The van der Waals surface area contributed by atoms with Crippen LogP contribution in [-0.4, -0.2) is 37.5 Å². The zero-order valence-electron chi connectivity index (χ0n) is 14.8. The minimum absolute atomic E-state index is 0.205. The Hall–Kier alpha value is -2.38. The van der Waals surface area contributed by atoms with Gasteiger partial charge in [0.25, 0.3) is 0 Å². The summed E-state index contributed by atoms with van der Waals surface area (Å²) >= 11 is 0. The van der Waals surface area contributed by atoms with E-state index in [-0.39, 0.29) is 12.5 Å². The highest BCUT2D eigenvalue weighted by molar-refractivity contribution is 7.88. The van der Waals surface area contributed by atoms with Crippen molar-refractivity contribution >= 4 is 21.6 Å². The highest BCUT2D eigenvalue weighted by Crippen LogP contribution is 2.26. The molecule has 0 aliphatic carbocycles. The normalized spacial score (nSPS) is 17.4. The number of hydrogen-bond acceptors (Lipinski definition) is 4. The monoisotopic (exact) mass is 374 g/mol. The second-order valence-corrected chi connectivity index (χ2v) is 8.18. The molecule has 1 atom stereocenters. The number of carbonyl (C=O) groups excluding carboxylic acids is 1. The van der Waals surface area contributed by atoms with Crippen molar-refractivity contribution in [1.29, 1.82) is 0 Å². The summed E-state index contributed by atoms with van der Waals surface area (Å²) in [6.07, 6.45) is 1.49. The van der Waals surface area contributed by atoms with E-state index in [1.54, 1.807) is 24.3 Å². The average Bonchev–Trinajstić information content (AvgIpc) is 2.61. The first-order valence-electron chi connectivity index (χ1n) is 8.46. The van der Waals surface area contributed by atoms with E-state index in [1.165, 1.54) is 4.31 Å². The molecule has 6 nitrogen and oxygen atoms in total. The third-order valence-electron chi connectivity index (χ3n) is 4.37. The highest BCUT2D eigenvalue weighted by atomic mass is 32.2. The van der Waals surface area contributed by atoms with Gasteiger partial charge in [-0.3, -0.25) is 4.79 Å². The van der Waals surface area contributed by atoms with E-state index in [4.69, 9.17) is 4.74 Å². The zero-order valence-corrected chi connectivity index (χ0v) is 15.6. The van der Waals surface area contributed by atoms with Gasteiger partial charge in [-0.2, -0.15) is 4.31 Å². The van der Waals surface area contributed by atoms with Crippen molar-refractivity contribution in [3.63, 3.8) is 0 Å². The fraction of sp³-hybridized carbons (Fsp3) is 0.316. The molecule has 1 aliphatic heterocycles. The Kier molecular flexibility index (Phi) is 5.29. The lowest BCUT2D eigenvalue weighted by atomic mass is 9.95. The molecule has 1 aliphatic rings. The van der Waals surface area contributed by atoms with E-state index < -0.39 is 16.1 Å². The maximum absolute atomic E-state index is 12.8. The lowest BCUT2D eigenvalue weighted by Crippen LogP contribution is -2.50. The van der Waals surface area contributed by atoms with Crippen LogP contribution < -0.4 is 10.1 Å². The Morgan fingerprint density at radius 1 is 1.15 bits per heavy atom. The van der Waals surface area contributed by atoms with E-state index in [0.717, 1.165) is 23.1 Å². The summed E-state index contributed by atoms with van der Waals surface area (Å²) in [6, 6.07) is 13.9. The van der Waals surface area contributed by atoms with E-state index in [9.17, 15) is 13.2 Å². The number of hydrogen-bond donors (Lipinski definition) is 1. The molecule has 7 heteroatoms. The summed E-state index contributed by atoms with van der Waals surface area (Å²) in [6.45, 7) is 2.67. The first-order valence-corrected chi connectivity index (χ1v) is 10.3. The van der Waals surface area contributed by atoms with Gasteiger partial charge in [0.15, 0.2) is 0 Å². The molecular formula is C19H22N2O4S. The van der Waals surface area contributed by atoms with Crippen LogP contribution in [0.25, 0.3) is 0 Å². The van der Waals surface area contributed by atoms with Gasteiger partial charge in [-0.1, -0.05) is 24.3 Å². The standard InChI is InChI=1S/C19H22N2O4S/c1-3-25-17-10-8-16(9-11-17)20-19(22)18-12-14-6-4-5-7-15(14)13-21(18)26(2,23)24/h4-11,18H,3,12-13H2,1-2H3,(H,20,22)/t18-/m0/s1. The molecule has 1 N–H and O–H groups in total. The van der Waals surface area contributed by atoms with Crippen molar-refractivity contribution in [2.45, 2.75) is 25.9 Å². The Morgan fingerprint density at radius 3 is 2.42 bits per heavy atom. The predicted molar refractivity (Wildman–Crippen MR) is 101 cm³/mol. The van der Waals surface area contributed by atoms with Crippen LogP contribution in [0, 0.1) is 0 Å². The number of nitrogens with zero attached hydrogens (tertiary/aromatic N) is 1. The van der Waals surface area contributed by atoms with Crippen LogP contribution in [0.1, 0.15) is 18.1 Å². The smallest absolute Gasteiger partial charge is 0.243 e.